The van der Waals surface area contributed by atoms with Gasteiger partial charge in [-0.05, 0) is 32.0 Å². The summed E-state index contributed by atoms with van der Waals surface area (Å²) < 4.78 is 11.6. The average molecular weight is 303 g/mol. The lowest BCUT2D eigenvalue weighted by Crippen LogP contribution is -2.28. The molecule has 7 nitrogen and oxygen atoms in total. The largest absolute Gasteiger partial charge is 0.466 e. The van der Waals surface area contributed by atoms with E-state index in [2.05, 4.69) is 23.7 Å². The smallest absolute Gasteiger partial charge is 0.415 e. The summed E-state index contributed by atoms with van der Waals surface area (Å²) in [5.41, 5.74) is 1.67. The van der Waals surface area contributed by atoms with Crippen LogP contribution in [0.2, 0.25) is 0 Å². The first kappa shape index (κ1) is 14.4. The first-order valence-electron chi connectivity index (χ1n) is 7.04. The molecular formula is C15H17N3O4. The van der Waals surface area contributed by atoms with Gasteiger partial charge in [0, 0.05) is 17.1 Å². The molecule has 1 aliphatic heterocycles. The van der Waals surface area contributed by atoms with Crippen LogP contribution in [0.4, 0.5) is 10.5 Å². The monoisotopic (exact) mass is 303 g/mol. The Kier molecular flexibility index (Phi) is 3.48. The molecule has 1 atom stereocenters. The number of hydrogen-bond donors (Lipinski definition) is 0. The lowest BCUT2D eigenvalue weighted by molar-refractivity contribution is -0.148. The van der Waals surface area contributed by atoms with Gasteiger partial charge in [0.2, 0.25) is 6.10 Å². The van der Waals surface area contributed by atoms with Crippen molar-refractivity contribution in [1.82, 2.24) is 9.78 Å². The van der Waals surface area contributed by atoms with Crippen molar-refractivity contribution in [1.29, 1.82) is 0 Å². The van der Waals surface area contributed by atoms with E-state index in [1.54, 1.807) is 6.20 Å². The Hall–Kier alpha value is -2.57. The molecule has 1 aromatic carbocycles. The lowest BCUT2D eigenvalue weighted by atomic mass is 10.2. The van der Waals surface area contributed by atoms with Gasteiger partial charge in [-0.25, -0.2) is 9.59 Å². The van der Waals surface area contributed by atoms with Crippen LogP contribution in [0.25, 0.3) is 10.9 Å². The van der Waals surface area contributed by atoms with Gasteiger partial charge in [0.25, 0.3) is 0 Å². The van der Waals surface area contributed by atoms with Crippen molar-refractivity contribution >= 4 is 28.7 Å². The fraction of sp³-hybridized carbons (Fsp3) is 0.400. The lowest BCUT2D eigenvalue weighted by Gasteiger charge is -2.13. The number of carbonyl (C=O) groups is 2. The van der Waals surface area contributed by atoms with Crippen molar-refractivity contribution < 1.29 is 19.1 Å². The van der Waals surface area contributed by atoms with E-state index >= 15 is 0 Å². The van der Waals surface area contributed by atoms with Crippen LogP contribution in [0.1, 0.15) is 19.9 Å². The number of benzene rings is 1. The number of anilines is 1. The van der Waals surface area contributed by atoms with Crippen molar-refractivity contribution in [3.63, 3.8) is 0 Å². The fourth-order valence-corrected chi connectivity index (χ4v) is 2.55. The molecule has 7 heteroatoms. The summed E-state index contributed by atoms with van der Waals surface area (Å²) in [5.74, 6) is -0.551. The minimum atomic E-state index is -0.883. The summed E-state index contributed by atoms with van der Waals surface area (Å²) in [7, 11) is 1.27. The molecule has 116 valence electrons. The topological polar surface area (TPSA) is 73.7 Å². The Morgan fingerprint density at radius 3 is 2.91 bits per heavy atom. The normalized spacial score (nSPS) is 18.1. The average Bonchev–Trinajstić information content (AvgIpc) is 3.09. The van der Waals surface area contributed by atoms with Crippen molar-refractivity contribution in [3.05, 3.63) is 24.4 Å². The Balaban J connectivity index is 1.91. The molecule has 1 aromatic heterocycles. The van der Waals surface area contributed by atoms with E-state index < -0.39 is 18.2 Å². The van der Waals surface area contributed by atoms with E-state index in [4.69, 9.17) is 4.74 Å². The number of esters is 1. The van der Waals surface area contributed by atoms with E-state index in [9.17, 15) is 9.59 Å². The van der Waals surface area contributed by atoms with E-state index in [1.807, 2.05) is 22.9 Å². The SMILES string of the molecule is COC(=O)[C@H]1CN(c2ccc3c(cnn3C(C)C)c2)C(=O)O1. The quantitative estimate of drug-likeness (QED) is 0.812. The zero-order valence-corrected chi connectivity index (χ0v) is 12.6. The van der Waals surface area contributed by atoms with E-state index in [-0.39, 0.29) is 12.6 Å². The molecule has 1 aliphatic rings. The van der Waals surface area contributed by atoms with E-state index in [1.165, 1.54) is 12.0 Å². The fourth-order valence-electron chi connectivity index (χ4n) is 2.55. The highest BCUT2D eigenvalue weighted by molar-refractivity contribution is 5.96. The Morgan fingerprint density at radius 2 is 2.23 bits per heavy atom. The molecule has 0 saturated carbocycles. The summed E-state index contributed by atoms with van der Waals surface area (Å²) in [6, 6.07) is 5.85. The van der Waals surface area contributed by atoms with Crippen LogP contribution >= 0.6 is 0 Å². The number of methoxy groups -OCH3 is 1. The molecule has 1 amide bonds. The zero-order chi connectivity index (χ0) is 15.9. The third-order valence-electron chi connectivity index (χ3n) is 3.66. The summed E-state index contributed by atoms with van der Waals surface area (Å²) in [6.45, 7) is 4.26. The summed E-state index contributed by atoms with van der Waals surface area (Å²) in [5, 5.41) is 5.28. The van der Waals surface area contributed by atoms with Gasteiger partial charge in [0.15, 0.2) is 0 Å². The molecule has 1 fully saturated rings. The first-order chi connectivity index (χ1) is 10.5. The van der Waals surface area contributed by atoms with Gasteiger partial charge in [0.1, 0.15) is 0 Å². The number of fused-ring (bicyclic) bond motifs is 1. The maximum Gasteiger partial charge on any atom is 0.415 e. The maximum absolute atomic E-state index is 11.9. The molecule has 0 aliphatic carbocycles. The molecule has 1 saturated heterocycles. The molecule has 2 heterocycles. The van der Waals surface area contributed by atoms with Crippen LogP contribution in [0.5, 0.6) is 0 Å². The van der Waals surface area contributed by atoms with Gasteiger partial charge < -0.3 is 9.47 Å². The molecule has 3 rings (SSSR count). The van der Waals surface area contributed by atoms with Crippen molar-refractivity contribution in [3.8, 4) is 0 Å². The first-order valence-corrected chi connectivity index (χ1v) is 7.04. The second kappa shape index (κ2) is 5.32. The minimum absolute atomic E-state index is 0.148. The standard InChI is InChI=1S/C15H17N3O4/c1-9(2)18-12-5-4-11(6-10(12)7-16-18)17-8-13(14(19)21-3)22-15(17)20/h4-7,9,13H,8H2,1-3H3/t13-/m1/s1. The predicted octanol–water partition coefficient (Wildman–Crippen LogP) is 2.12. The summed E-state index contributed by atoms with van der Waals surface area (Å²) in [4.78, 5) is 24.8. The number of hydrogen-bond acceptors (Lipinski definition) is 5. The third-order valence-corrected chi connectivity index (χ3v) is 3.66. The predicted molar refractivity (Wildman–Crippen MR) is 79.7 cm³/mol. The number of ether oxygens (including phenoxy) is 2. The molecule has 0 spiro atoms. The third kappa shape index (κ3) is 2.28. The number of nitrogens with zero attached hydrogens (tertiary/aromatic N) is 3. The number of aromatic nitrogens is 2. The Labute approximate surface area is 127 Å². The molecule has 0 N–H and O–H groups in total. The number of rotatable bonds is 3. The van der Waals surface area contributed by atoms with Crippen LogP contribution in [0.3, 0.4) is 0 Å². The van der Waals surface area contributed by atoms with Crippen LogP contribution in [0, 0.1) is 0 Å². The second-order valence-electron chi connectivity index (χ2n) is 5.43. The molecule has 2 aromatic rings. The highest BCUT2D eigenvalue weighted by Gasteiger charge is 2.37. The second-order valence-corrected chi connectivity index (χ2v) is 5.43. The summed E-state index contributed by atoms with van der Waals surface area (Å²) in [6.07, 6.45) is 0.329. The molecule has 0 radical (unpaired) electrons. The summed E-state index contributed by atoms with van der Waals surface area (Å²) >= 11 is 0. The number of carbonyl (C=O) groups excluding carboxylic acids is 2. The number of amides is 1. The van der Waals surface area contributed by atoms with Gasteiger partial charge in [-0.15, -0.1) is 0 Å². The van der Waals surface area contributed by atoms with Gasteiger partial charge in [0.05, 0.1) is 25.4 Å². The van der Waals surface area contributed by atoms with Crippen molar-refractivity contribution in [2.75, 3.05) is 18.6 Å². The zero-order valence-electron chi connectivity index (χ0n) is 12.6. The van der Waals surface area contributed by atoms with Crippen LogP contribution in [-0.2, 0) is 14.3 Å². The maximum atomic E-state index is 11.9. The van der Waals surface area contributed by atoms with Crippen LogP contribution in [0.15, 0.2) is 24.4 Å². The van der Waals surface area contributed by atoms with Crippen LogP contribution in [-0.4, -0.2) is 41.6 Å². The van der Waals surface area contributed by atoms with Gasteiger partial charge in [-0.1, -0.05) is 0 Å². The van der Waals surface area contributed by atoms with Crippen molar-refractivity contribution in [2.45, 2.75) is 26.0 Å². The Morgan fingerprint density at radius 1 is 1.45 bits per heavy atom. The van der Waals surface area contributed by atoms with E-state index in [0.717, 1.165) is 10.9 Å². The molecular weight excluding hydrogens is 286 g/mol. The van der Waals surface area contributed by atoms with Gasteiger partial charge in [-0.2, -0.15) is 5.10 Å². The van der Waals surface area contributed by atoms with Crippen molar-refractivity contribution in [2.24, 2.45) is 0 Å². The van der Waals surface area contributed by atoms with E-state index in [0.29, 0.717) is 5.69 Å². The highest BCUT2D eigenvalue weighted by atomic mass is 16.6. The highest BCUT2D eigenvalue weighted by Crippen LogP contribution is 2.27. The Bertz CT molecular complexity index is 737. The number of cyclic esters (lactones) is 1. The van der Waals surface area contributed by atoms with Gasteiger partial charge in [-0.3, -0.25) is 9.58 Å². The van der Waals surface area contributed by atoms with Gasteiger partial charge >= 0.3 is 12.1 Å². The molecule has 22 heavy (non-hydrogen) atoms. The van der Waals surface area contributed by atoms with Crippen LogP contribution < -0.4 is 4.90 Å². The minimum Gasteiger partial charge on any atom is -0.466 e. The molecule has 0 unspecified atom stereocenters. The molecule has 0 bridgehead atoms.